The van der Waals surface area contributed by atoms with Gasteiger partial charge in [0.25, 0.3) is 0 Å². The van der Waals surface area contributed by atoms with E-state index in [1.165, 1.54) is 23.9 Å². The fraction of sp³-hybridized carbons (Fsp3) is 0.0909. The molecule has 94 valence electrons. The van der Waals surface area contributed by atoms with Gasteiger partial charge < -0.3 is 10.2 Å². The minimum Gasteiger partial charge on any atom is -0.507 e. The molecule has 0 atom stereocenters. The Bertz CT molecular complexity index is 639. The summed E-state index contributed by atoms with van der Waals surface area (Å²) in [6.07, 6.45) is 0. The predicted molar refractivity (Wildman–Crippen MR) is 62.2 cm³/mol. The molecule has 2 aromatic rings. The summed E-state index contributed by atoms with van der Waals surface area (Å²) in [4.78, 5) is 10.8. The van der Waals surface area contributed by atoms with Crippen LogP contribution in [-0.4, -0.2) is 26.0 Å². The Morgan fingerprint density at radius 3 is 2.67 bits per heavy atom. The number of aromatic hydroxyl groups is 1. The van der Waals surface area contributed by atoms with Crippen LogP contribution in [0.3, 0.4) is 0 Å². The molecule has 0 amide bonds. The number of nitrogens with zero attached hydrogens (tertiary/aromatic N) is 2. The van der Waals surface area contributed by atoms with Crippen LogP contribution in [0, 0.1) is 5.82 Å². The fourth-order valence-electron chi connectivity index (χ4n) is 1.57. The van der Waals surface area contributed by atoms with Crippen molar-refractivity contribution in [3.63, 3.8) is 0 Å². The molecule has 18 heavy (non-hydrogen) atoms. The van der Waals surface area contributed by atoms with E-state index in [9.17, 15) is 14.3 Å². The maximum Gasteiger partial charge on any atom is 0.356 e. The Morgan fingerprint density at radius 2 is 2.11 bits per heavy atom. The molecule has 7 heteroatoms. The van der Waals surface area contributed by atoms with Gasteiger partial charge in [-0.3, -0.25) is 4.68 Å². The van der Waals surface area contributed by atoms with Gasteiger partial charge in [-0.05, 0) is 12.1 Å². The summed E-state index contributed by atoms with van der Waals surface area (Å²) < 4.78 is 14.4. The van der Waals surface area contributed by atoms with Crippen LogP contribution >= 0.6 is 11.6 Å². The van der Waals surface area contributed by atoms with Crippen molar-refractivity contribution in [1.29, 1.82) is 0 Å². The monoisotopic (exact) mass is 270 g/mol. The van der Waals surface area contributed by atoms with Gasteiger partial charge in [0.15, 0.2) is 5.69 Å². The van der Waals surface area contributed by atoms with E-state index < -0.39 is 11.8 Å². The molecule has 0 aliphatic rings. The van der Waals surface area contributed by atoms with Crippen molar-refractivity contribution in [3.8, 4) is 17.0 Å². The third-order valence-corrected chi connectivity index (χ3v) is 2.70. The van der Waals surface area contributed by atoms with E-state index in [0.29, 0.717) is 5.69 Å². The second kappa shape index (κ2) is 4.30. The van der Waals surface area contributed by atoms with E-state index in [0.717, 1.165) is 6.07 Å². The Labute approximate surface area is 106 Å². The summed E-state index contributed by atoms with van der Waals surface area (Å²) in [6.45, 7) is 0. The van der Waals surface area contributed by atoms with E-state index in [2.05, 4.69) is 5.10 Å². The number of aryl methyl sites for hydroxylation is 1. The van der Waals surface area contributed by atoms with Crippen molar-refractivity contribution in [3.05, 3.63) is 34.7 Å². The molecule has 0 aliphatic carbocycles. The molecule has 0 bridgehead atoms. The summed E-state index contributed by atoms with van der Waals surface area (Å²) >= 11 is 5.63. The highest BCUT2D eigenvalue weighted by atomic mass is 35.5. The molecular formula is C11H8ClFN2O3. The molecule has 5 nitrogen and oxygen atoms in total. The van der Waals surface area contributed by atoms with Gasteiger partial charge in [-0.2, -0.15) is 5.10 Å². The van der Waals surface area contributed by atoms with Crippen molar-refractivity contribution in [2.75, 3.05) is 0 Å². The Kier molecular flexibility index (Phi) is 2.96. The number of aromatic nitrogens is 2. The number of carboxylic acid groups (broad SMARTS) is 1. The predicted octanol–water partition coefficient (Wildman–Crippen LogP) is 2.28. The third kappa shape index (κ3) is 2.02. The second-order valence-corrected chi connectivity index (χ2v) is 4.03. The number of hydrogen-bond donors (Lipinski definition) is 2. The van der Waals surface area contributed by atoms with Gasteiger partial charge in [0, 0.05) is 18.7 Å². The number of phenols is 1. The normalized spacial score (nSPS) is 10.6. The van der Waals surface area contributed by atoms with E-state index in [4.69, 9.17) is 16.7 Å². The van der Waals surface area contributed by atoms with Crippen molar-refractivity contribution in [1.82, 2.24) is 9.78 Å². The van der Waals surface area contributed by atoms with Crippen LogP contribution in [-0.2, 0) is 7.05 Å². The third-order valence-electron chi connectivity index (χ3n) is 2.41. The lowest BCUT2D eigenvalue weighted by atomic mass is 10.1. The van der Waals surface area contributed by atoms with E-state index in [1.807, 2.05) is 0 Å². The summed E-state index contributed by atoms with van der Waals surface area (Å²) in [7, 11) is 1.51. The maximum absolute atomic E-state index is 13.1. The first-order chi connectivity index (χ1) is 8.40. The van der Waals surface area contributed by atoms with Gasteiger partial charge in [-0.25, -0.2) is 9.18 Å². The molecule has 0 unspecified atom stereocenters. The van der Waals surface area contributed by atoms with Gasteiger partial charge in [0.1, 0.15) is 11.6 Å². The van der Waals surface area contributed by atoms with Crippen molar-refractivity contribution in [2.45, 2.75) is 0 Å². The lowest BCUT2D eigenvalue weighted by Crippen LogP contribution is -1.99. The van der Waals surface area contributed by atoms with E-state index in [1.54, 1.807) is 0 Å². The van der Waals surface area contributed by atoms with Crippen LogP contribution in [0.25, 0.3) is 11.3 Å². The molecule has 0 radical (unpaired) electrons. The number of halogens is 2. The minimum atomic E-state index is -1.19. The minimum absolute atomic E-state index is 0.166. The van der Waals surface area contributed by atoms with Crippen molar-refractivity contribution >= 4 is 17.6 Å². The summed E-state index contributed by atoms with van der Waals surface area (Å²) in [6, 6.07) is 3.35. The molecule has 2 N–H and O–H groups in total. The Balaban J connectivity index is 2.62. The topological polar surface area (TPSA) is 75.4 Å². The lowest BCUT2D eigenvalue weighted by molar-refractivity contribution is 0.0689. The quantitative estimate of drug-likeness (QED) is 0.878. The molecular weight excluding hydrogens is 263 g/mol. The number of benzene rings is 1. The van der Waals surface area contributed by atoms with Gasteiger partial charge in [-0.1, -0.05) is 11.6 Å². The SMILES string of the molecule is Cn1nc(C(=O)O)cc1-c1cc(Cl)c(F)cc1O. The van der Waals surface area contributed by atoms with Crippen LogP contribution in [0.1, 0.15) is 10.5 Å². The van der Waals surface area contributed by atoms with Crippen LogP contribution in [0.15, 0.2) is 18.2 Å². The average molecular weight is 271 g/mol. The van der Waals surface area contributed by atoms with Crippen LogP contribution in [0.5, 0.6) is 5.75 Å². The zero-order chi connectivity index (χ0) is 13.4. The maximum atomic E-state index is 13.1. The number of carbonyl (C=O) groups is 1. The Hall–Kier alpha value is -2.08. The highest BCUT2D eigenvalue weighted by molar-refractivity contribution is 6.31. The highest BCUT2D eigenvalue weighted by Crippen LogP contribution is 2.33. The van der Waals surface area contributed by atoms with Crippen molar-refractivity contribution in [2.24, 2.45) is 7.05 Å². The summed E-state index contributed by atoms with van der Waals surface area (Å²) in [5.41, 5.74) is 0.364. The standard InChI is InChI=1S/C11H8ClFN2O3/c1-15-9(4-8(14-15)11(17)18)5-2-6(12)7(13)3-10(5)16/h2-4,16H,1H3,(H,17,18). The average Bonchev–Trinajstić information content (AvgIpc) is 2.66. The molecule has 1 heterocycles. The summed E-state index contributed by atoms with van der Waals surface area (Å²) in [5.74, 6) is -2.28. The summed E-state index contributed by atoms with van der Waals surface area (Å²) in [5, 5.41) is 22.1. The zero-order valence-electron chi connectivity index (χ0n) is 9.19. The molecule has 0 fully saturated rings. The molecule has 1 aromatic heterocycles. The van der Waals surface area contributed by atoms with E-state index in [-0.39, 0.29) is 22.0 Å². The molecule has 1 aromatic carbocycles. The fourth-order valence-corrected chi connectivity index (χ4v) is 1.73. The second-order valence-electron chi connectivity index (χ2n) is 3.63. The smallest absolute Gasteiger partial charge is 0.356 e. The molecule has 2 rings (SSSR count). The van der Waals surface area contributed by atoms with Gasteiger partial charge in [0.05, 0.1) is 10.7 Å². The van der Waals surface area contributed by atoms with Gasteiger partial charge in [0.2, 0.25) is 0 Å². The van der Waals surface area contributed by atoms with E-state index >= 15 is 0 Å². The van der Waals surface area contributed by atoms with Gasteiger partial charge in [-0.15, -0.1) is 0 Å². The zero-order valence-corrected chi connectivity index (χ0v) is 9.94. The molecule has 0 saturated carbocycles. The largest absolute Gasteiger partial charge is 0.507 e. The molecule has 0 saturated heterocycles. The van der Waals surface area contributed by atoms with Crippen LogP contribution in [0.2, 0.25) is 5.02 Å². The lowest BCUT2D eigenvalue weighted by Gasteiger charge is -2.06. The first-order valence-electron chi connectivity index (χ1n) is 4.86. The Morgan fingerprint density at radius 1 is 1.44 bits per heavy atom. The van der Waals surface area contributed by atoms with Gasteiger partial charge >= 0.3 is 5.97 Å². The van der Waals surface area contributed by atoms with Crippen molar-refractivity contribution < 1.29 is 19.4 Å². The van der Waals surface area contributed by atoms with Crippen LogP contribution in [0.4, 0.5) is 4.39 Å². The highest BCUT2D eigenvalue weighted by Gasteiger charge is 2.17. The number of hydrogen-bond acceptors (Lipinski definition) is 3. The number of aromatic carboxylic acids is 1. The number of phenolic OH excluding ortho intramolecular Hbond substituents is 1. The molecule has 0 aliphatic heterocycles. The number of rotatable bonds is 2. The number of carboxylic acids is 1. The first kappa shape index (κ1) is 12.4. The molecule has 0 spiro atoms. The van der Waals surface area contributed by atoms with Crippen LogP contribution < -0.4 is 0 Å². The first-order valence-corrected chi connectivity index (χ1v) is 5.23.